The lowest BCUT2D eigenvalue weighted by atomic mass is 9.97. The van der Waals surface area contributed by atoms with Gasteiger partial charge in [0.25, 0.3) is 0 Å². The number of likely N-dealkylation sites (tertiary alicyclic amines) is 1. The van der Waals surface area contributed by atoms with Crippen molar-refractivity contribution in [1.29, 1.82) is 0 Å². The van der Waals surface area contributed by atoms with Crippen molar-refractivity contribution in [2.45, 2.75) is 45.2 Å². The number of amides is 2. The first-order chi connectivity index (χ1) is 21.9. The van der Waals surface area contributed by atoms with Crippen LogP contribution in [-0.2, 0) is 16.0 Å². The number of nitrogens with zero attached hydrogens (tertiary/aromatic N) is 4. The van der Waals surface area contributed by atoms with E-state index in [0.717, 1.165) is 57.8 Å². The van der Waals surface area contributed by atoms with Crippen LogP contribution in [0.25, 0.3) is 22.0 Å². The number of H-pyrrole nitrogens is 1. The molecule has 1 aliphatic heterocycles. The monoisotopic (exact) mass is 603 g/mol. The van der Waals surface area contributed by atoms with Crippen molar-refractivity contribution in [3.05, 3.63) is 102 Å². The molecule has 0 aliphatic carbocycles. The van der Waals surface area contributed by atoms with Crippen LogP contribution in [0.5, 0.6) is 0 Å². The van der Waals surface area contributed by atoms with Gasteiger partial charge in [-0.05, 0) is 53.3 Å². The first-order valence-electron chi connectivity index (χ1n) is 15.2. The number of imidazole rings is 1. The molecule has 1 fully saturated rings. The smallest absolute Gasteiger partial charge is 0.407 e. The van der Waals surface area contributed by atoms with E-state index in [9.17, 15) is 9.59 Å². The molecule has 0 unspecified atom stereocenters. The number of methoxy groups -OCH3 is 1. The Kier molecular flexibility index (Phi) is 8.72. The zero-order valence-corrected chi connectivity index (χ0v) is 25.7. The van der Waals surface area contributed by atoms with Gasteiger partial charge in [-0.2, -0.15) is 0 Å². The number of ether oxygens (including phenoxy) is 1. The summed E-state index contributed by atoms with van der Waals surface area (Å²) in [5.74, 6) is 1.32. The predicted molar refractivity (Wildman–Crippen MR) is 174 cm³/mol. The van der Waals surface area contributed by atoms with Crippen LogP contribution in [0.4, 0.5) is 16.3 Å². The second-order valence-electron chi connectivity index (χ2n) is 11.6. The van der Waals surface area contributed by atoms with Crippen LogP contribution < -0.4 is 10.6 Å². The highest BCUT2D eigenvalue weighted by Crippen LogP contribution is 2.34. The zero-order valence-electron chi connectivity index (χ0n) is 25.7. The molecule has 0 radical (unpaired) electrons. The van der Waals surface area contributed by atoms with Crippen molar-refractivity contribution in [1.82, 2.24) is 30.2 Å². The second-order valence-corrected chi connectivity index (χ2v) is 11.6. The molecule has 0 bridgehead atoms. The van der Waals surface area contributed by atoms with Gasteiger partial charge in [0.1, 0.15) is 24.0 Å². The highest BCUT2D eigenvalue weighted by Gasteiger charge is 2.37. The summed E-state index contributed by atoms with van der Waals surface area (Å²) in [4.78, 5) is 44.2. The Morgan fingerprint density at radius 2 is 1.87 bits per heavy atom. The summed E-state index contributed by atoms with van der Waals surface area (Å²) in [5, 5.41) is 8.39. The van der Waals surface area contributed by atoms with E-state index in [4.69, 9.17) is 9.72 Å². The maximum absolute atomic E-state index is 13.5. The van der Waals surface area contributed by atoms with Gasteiger partial charge in [0.15, 0.2) is 0 Å². The molecule has 2 amide bonds. The number of fused-ring (bicyclic) bond motifs is 1. The fourth-order valence-electron chi connectivity index (χ4n) is 5.98. The number of carbonyl (C=O) groups is 2. The molecule has 3 heterocycles. The normalized spacial score (nSPS) is 15.3. The van der Waals surface area contributed by atoms with Gasteiger partial charge >= 0.3 is 6.09 Å². The number of aromatic amines is 1. The maximum Gasteiger partial charge on any atom is 0.407 e. The minimum atomic E-state index is -0.671. The van der Waals surface area contributed by atoms with Gasteiger partial charge in [-0.15, -0.1) is 0 Å². The molecule has 5 aromatic rings. The maximum atomic E-state index is 13.5. The van der Waals surface area contributed by atoms with E-state index < -0.39 is 12.1 Å². The van der Waals surface area contributed by atoms with Gasteiger partial charge < -0.3 is 25.3 Å². The van der Waals surface area contributed by atoms with Crippen molar-refractivity contribution >= 4 is 34.3 Å². The topological polar surface area (TPSA) is 125 Å². The van der Waals surface area contributed by atoms with E-state index in [-0.39, 0.29) is 17.9 Å². The fraction of sp³-hybridized carbons (Fsp3) is 0.286. The third kappa shape index (κ3) is 6.50. The number of para-hydroxylation sites is 1. The van der Waals surface area contributed by atoms with Crippen LogP contribution in [0.3, 0.4) is 0 Å². The van der Waals surface area contributed by atoms with Gasteiger partial charge in [0, 0.05) is 36.0 Å². The van der Waals surface area contributed by atoms with Gasteiger partial charge in [0.05, 0.1) is 25.0 Å². The summed E-state index contributed by atoms with van der Waals surface area (Å²) in [5.41, 5.74) is 5.05. The third-order valence-corrected chi connectivity index (χ3v) is 8.33. The number of benzene rings is 3. The van der Waals surface area contributed by atoms with Crippen molar-refractivity contribution < 1.29 is 14.3 Å². The van der Waals surface area contributed by atoms with E-state index in [1.807, 2.05) is 61.5 Å². The summed E-state index contributed by atoms with van der Waals surface area (Å²) in [6.07, 6.45) is 6.98. The molecular formula is C35H37N7O3. The number of anilines is 2. The molecule has 1 saturated heterocycles. The Labute approximate surface area is 262 Å². The molecule has 10 nitrogen and oxygen atoms in total. The number of aromatic nitrogens is 4. The number of nitrogens with one attached hydrogen (secondary N) is 3. The van der Waals surface area contributed by atoms with Crippen LogP contribution in [-0.4, -0.2) is 56.5 Å². The van der Waals surface area contributed by atoms with E-state index >= 15 is 0 Å². The minimum absolute atomic E-state index is 0.0892. The Morgan fingerprint density at radius 3 is 2.67 bits per heavy atom. The molecule has 3 N–H and O–H groups in total. The number of hydrogen-bond donors (Lipinski definition) is 3. The summed E-state index contributed by atoms with van der Waals surface area (Å²) < 4.78 is 4.75. The largest absolute Gasteiger partial charge is 0.453 e. The molecule has 6 rings (SSSR count). The number of rotatable bonds is 9. The Bertz CT molecular complexity index is 1800. The van der Waals surface area contributed by atoms with E-state index in [1.54, 1.807) is 6.33 Å². The van der Waals surface area contributed by atoms with Crippen molar-refractivity contribution in [3.8, 4) is 11.3 Å². The standard InChI is InChI=1S/C35H37N7O3/c1-22(2)31(41-35(44)45-3)34(43)42-16-8-13-30(42)33-37-20-29(40-33)25-14-15-28-23(17-25)9-7-10-24(28)18-26-19-36-21-38-32(26)39-27-11-5-4-6-12-27/h4-7,9-12,14-15,17,19-22,30-31H,8,13,16,18H2,1-3H3,(H,37,40)(H,41,44)(H,36,38,39)/t30-,31-/m0/s1. The second kappa shape index (κ2) is 13.2. The average Bonchev–Trinajstić information content (AvgIpc) is 3.75. The quantitative estimate of drug-likeness (QED) is 0.178. The number of carbonyl (C=O) groups excluding carboxylic acids is 2. The number of hydrogen-bond acceptors (Lipinski definition) is 7. The van der Waals surface area contributed by atoms with Gasteiger partial charge in [-0.1, -0.05) is 62.4 Å². The summed E-state index contributed by atoms with van der Waals surface area (Å²) in [6, 6.07) is 21.9. The fourth-order valence-corrected chi connectivity index (χ4v) is 5.98. The molecule has 230 valence electrons. The Hall–Kier alpha value is -5.25. The number of alkyl carbamates (subject to hydrolysis) is 1. The molecule has 2 atom stereocenters. The summed E-state index contributed by atoms with van der Waals surface area (Å²) in [7, 11) is 1.30. The van der Waals surface area contributed by atoms with Crippen molar-refractivity contribution in [2.24, 2.45) is 5.92 Å². The Morgan fingerprint density at radius 1 is 1.02 bits per heavy atom. The predicted octanol–water partition coefficient (Wildman–Crippen LogP) is 6.40. The first-order valence-corrected chi connectivity index (χ1v) is 15.2. The van der Waals surface area contributed by atoms with Gasteiger partial charge in [0.2, 0.25) is 5.91 Å². The summed E-state index contributed by atoms with van der Waals surface area (Å²) >= 11 is 0. The average molecular weight is 604 g/mol. The van der Waals surface area contributed by atoms with Crippen molar-refractivity contribution in [2.75, 3.05) is 19.0 Å². The molecule has 0 spiro atoms. The van der Waals surface area contributed by atoms with Crippen LogP contribution in [0.2, 0.25) is 0 Å². The van der Waals surface area contributed by atoms with Gasteiger partial charge in [-0.3, -0.25) is 4.79 Å². The highest BCUT2D eigenvalue weighted by molar-refractivity contribution is 5.90. The van der Waals surface area contributed by atoms with Gasteiger partial charge in [-0.25, -0.2) is 19.7 Å². The lowest BCUT2D eigenvalue weighted by Gasteiger charge is -2.30. The SMILES string of the molecule is COC(=O)N[C@H](C(=O)N1CCC[C@H]1c1ncc(-c2ccc3c(Cc4cncnc4Nc4ccccc4)cccc3c2)[nH]1)C(C)C. The molecule has 0 saturated carbocycles. The zero-order chi connectivity index (χ0) is 31.3. The lowest BCUT2D eigenvalue weighted by Crippen LogP contribution is -2.51. The van der Waals surface area contributed by atoms with Crippen LogP contribution >= 0.6 is 0 Å². The Balaban J connectivity index is 1.22. The van der Waals surface area contributed by atoms with E-state index in [0.29, 0.717) is 13.0 Å². The molecule has 10 heteroatoms. The lowest BCUT2D eigenvalue weighted by molar-refractivity contribution is -0.135. The molecule has 2 aromatic heterocycles. The van der Waals surface area contributed by atoms with E-state index in [2.05, 4.69) is 62.0 Å². The van der Waals surface area contributed by atoms with Crippen LogP contribution in [0, 0.1) is 5.92 Å². The molecule has 1 aliphatic rings. The van der Waals surface area contributed by atoms with Crippen LogP contribution in [0.1, 0.15) is 49.7 Å². The molecule has 3 aromatic carbocycles. The molecular weight excluding hydrogens is 566 g/mol. The first kappa shape index (κ1) is 29.8. The van der Waals surface area contributed by atoms with Crippen molar-refractivity contribution in [3.63, 3.8) is 0 Å². The molecule has 45 heavy (non-hydrogen) atoms. The van der Waals surface area contributed by atoms with Crippen LogP contribution in [0.15, 0.2) is 85.5 Å². The highest BCUT2D eigenvalue weighted by atomic mass is 16.5. The minimum Gasteiger partial charge on any atom is -0.453 e. The summed E-state index contributed by atoms with van der Waals surface area (Å²) in [6.45, 7) is 4.43. The van der Waals surface area contributed by atoms with E-state index in [1.165, 1.54) is 12.7 Å². The third-order valence-electron chi connectivity index (χ3n) is 8.33.